The highest BCUT2D eigenvalue weighted by molar-refractivity contribution is 6.01. The minimum absolute atomic E-state index is 0.0415. The molecule has 0 unspecified atom stereocenters. The van der Waals surface area contributed by atoms with Crippen LogP contribution in [-0.4, -0.2) is 40.3 Å². The first kappa shape index (κ1) is 21.5. The van der Waals surface area contributed by atoms with Gasteiger partial charge in [-0.3, -0.25) is 9.59 Å². The lowest BCUT2D eigenvalue weighted by molar-refractivity contribution is -0.0495. The number of benzene rings is 1. The highest BCUT2D eigenvalue weighted by Gasteiger charge is 2.37. The zero-order valence-electron chi connectivity index (χ0n) is 17.9. The molecule has 31 heavy (non-hydrogen) atoms. The van der Waals surface area contributed by atoms with E-state index >= 15 is 0 Å². The predicted octanol–water partition coefficient (Wildman–Crippen LogP) is 4.58. The first-order chi connectivity index (χ1) is 14.9. The van der Waals surface area contributed by atoms with E-state index in [0.29, 0.717) is 17.8 Å². The molecule has 1 saturated heterocycles. The molecule has 0 spiro atoms. The van der Waals surface area contributed by atoms with Crippen molar-refractivity contribution in [2.75, 3.05) is 13.1 Å². The zero-order chi connectivity index (χ0) is 22.0. The third-order valence-electron chi connectivity index (χ3n) is 6.42. The largest absolute Gasteiger partial charge is 0.345 e. The fourth-order valence-electron chi connectivity index (χ4n) is 4.59. The van der Waals surface area contributed by atoms with Crippen molar-refractivity contribution in [3.05, 3.63) is 58.9 Å². The van der Waals surface area contributed by atoms with E-state index < -0.39 is 5.92 Å². The van der Waals surface area contributed by atoms with Gasteiger partial charge in [0.2, 0.25) is 0 Å². The zero-order valence-corrected chi connectivity index (χ0v) is 17.9. The fourth-order valence-corrected chi connectivity index (χ4v) is 4.59. The maximum Gasteiger partial charge on any atom is 0.270 e. The summed E-state index contributed by atoms with van der Waals surface area (Å²) < 4.78 is 29.0. The molecule has 0 aliphatic carbocycles. The van der Waals surface area contributed by atoms with Crippen molar-refractivity contribution in [2.24, 2.45) is 0 Å². The number of hydrogen-bond acceptors (Lipinski definition) is 2. The molecule has 2 aromatic rings. The molecule has 1 aromatic heterocycles. The molecule has 2 aliphatic heterocycles. The van der Waals surface area contributed by atoms with Gasteiger partial charge in [-0.05, 0) is 37.3 Å². The van der Waals surface area contributed by atoms with E-state index in [0.717, 1.165) is 36.9 Å². The van der Waals surface area contributed by atoms with Crippen LogP contribution >= 0.6 is 0 Å². The lowest BCUT2D eigenvalue weighted by Gasteiger charge is -2.32. The predicted molar refractivity (Wildman–Crippen MR) is 114 cm³/mol. The SMILES string of the molecule is CC[C@@H](NC(=O)c1cc(C(=O)N2CCC(F)(F)CC2)n2c1CCCC2)c1ccccc1. The number of rotatable bonds is 5. The molecule has 1 atom stereocenters. The van der Waals surface area contributed by atoms with Crippen molar-refractivity contribution < 1.29 is 18.4 Å². The number of nitrogens with zero attached hydrogens (tertiary/aromatic N) is 2. The number of likely N-dealkylation sites (tertiary alicyclic amines) is 1. The van der Waals surface area contributed by atoms with E-state index in [1.54, 1.807) is 6.07 Å². The van der Waals surface area contributed by atoms with Crippen LogP contribution in [0.4, 0.5) is 8.78 Å². The number of hydrogen-bond donors (Lipinski definition) is 1. The number of carbonyl (C=O) groups is 2. The number of piperidine rings is 1. The van der Waals surface area contributed by atoms with Crippen molar-refractivity contribution in [1.82, 2.24) is 14.8 Å². The van der Waals surface area contributed by atoms with Crippen molar-refractivity contribution in [3.63, 3.8) is 0 Å². The van der Waals surface area contributed by atoms with Gasteiger partial charge >= 0.3 is 0 Å². The minimum atomic E-state index is -2.70. The van der Waals surface area contributed by atoms with Gasteiger partial charge in [0, 0.05) is 38.2 Å². The number of amides is 2. The molecule has 1 fully saturated rings. The molecule has 0 radical (unpaired) electrons. The summed E-state index contributed by atoms with van der Waals surface area (Å²) in [7, 11) is 0. The van der Waals surface area contributed by atoms with Crippen LogP contribution in [0.3, 0.4) is 0 Å². The highest BCUT2D eigenvalue weighted by atomic mass is 19.3. The molecule has 2 aliphatic rings. The molecule has 166 valence electrons. The summed E-state index contributed by atoms with van der Waals surface area (Å²) in [4.78, 5) is 27.9. The van der Waals surface area contributed by atoms with E-state index in [-0.39, 0.29) is 43.8 Å². The van der Waals surface area contributed by atoms with Crippen LogP contribution in [0.2, 0.25) is 0 Å². The average Bonchev–Trinajstić information content (AvgIpc) is 3.17. The molecule has 3 heterocycles. The first-order valence-electron chi connectivity index (χ1n) is 11.1. The molecule has 2 amide bonds. The van der Waals surface area contributed by atoms with Gasteiger partial charge in [0.05, 0.1) is 11.6 Å². The summed E-state index contributed by atoms with van der Waals surface area (Å²) >= 11 is 0. The summed E-state index contributed by atoms with van der Waals surface area (Å²) in [5, 5.41) is 3.12. The van der Waals surface area contributed by atoms with Crippen LogP contribution in [0.15, 0.2) is 36.4 Å². The van der Waals surface area contributed by atoms with Gasteiger partial charge in [0.15, 0.2) is 0 Å². The Hall–Kier alpha value is -2.70. The molecule has 1 N–H and O–H groups in total. The maximum absolute atomic E-state index is 13.5. The summed E-state index contributed by atoms with van der Waals surface area (Å²) in [6.45, 7) is 2.78. The van der Waals surface area contributed by atoms with Gasteiger partial charge in [-0.2, -0.15) is 0 Å². The Kier molecular flexibility index (Phi) is 6.12. The van der Waals surface area contributed by atoms with Gasteiger partial charge in [-0.1, -0.05) is 37.3 Å². The van der Waals surface area contributed by atoms with Crippen molar-refractivity contribution in [3.8, 4) is 0 Å². The Morgan fingerprint density at radius 3 is 2.48 bits per heavy atom. The summed E-state index contributed by atoms with van der Waals surface area (Å²) in [5.74, 6) is -3.15. The second-order valence-corrected chi connectivity index (χ2v) is 8.49. The average molecular weight is 430 g/mol. The fraction of sp³-hybridized carbons (Fsp3) is 0.500. The van der Waals surface area contributed by atoms with Crippen LogP contribution in [0.1, 0.15) is 77.2 Å². The Morgan fingerprint density at radius 2 is 1.81 bits per heavy atom. The van der Waals surface area contributed by atoms with E-state index in [4.69, 9.17) is 0 Å². The lowest BCUT2D eigenvalue weighted by Crippen LogP contribution is -2.43. The molecule has 0 bridgehead atoms. The van der Waals surface area contributed by atoms with Crippen LogP contribution in [0.25, 0.3) is 0 Å². The standard InChI is InChI=1S/C24H29F2N3O2/c1-2-19(17-8-4-3-5-9-17)27-22(30)18-16-21(29-13-7-6-10-20(18)29)23(31)28-14-11-24(25,26)12-15-28/h3-5,8-9,16,19H,2,6-7,10-15H2,1H3,(H,27,30)/t19-/m1/s1. The van der Waals surface area contributed by atoms with Crippen LogP contribution < -0.4 is 5.32 Å². The first-order valence-corrected chi connectivity index (χ1v) is 11.1. The van der Waals surface area contributed by atoms with E-state index in [1.165, 1.54) is 4.90 Å². The van der Waals surface area contributed by atoms with Gasteiger partial charge < -0.3 is 14.8 Å². The van der Waals surface area contributed by atoms with E-state index in [1.807, 2.05) is 41.8 Å². The Morgan fingerprint density at radius 1 is 1.10 bits per heavy atom. The number of halogens is 2. The molecular formula is C24H29F2N3O2. The Bertz CT molecular complexity index is 945. The maximum atomic E-state index is 13.5. The number of fused-ring (bicyclic) bond motifs is 1. The molecule has 5 nitrogen and oxygen atoms in total. The third kappa shape index (κ3) is 4.50. The Balaban J connectivity index is 1.58. The summed E-state index contributed by atoms with van der Waals surface area (Å²) in [5.41, 5.74) is 2.88. The van der Waals surface area contributed by atoms with Crippen LogP contribution in [-0.2, 0) is 13.0 Å². The summed E-state index contributed by atoms with van der Waals surface area (Å²) in [6, 6.07) is 11.4. The van der Waals surface area contributed by atoms with Crippen LogP contribution in [0.5, 0.6) is 0 Å². The Labute approximate surface area is 181 Å². The van der Waals surface area contributed by atoms with Crippen LogP contribution in [0, 0.1) is 0 Å². The number of aromatic nitrogens is 1. The van der Waals surface area contributed by atoms with Gasteiger partial charge in [-0.25, -0.2) is 8.78 Å². The third-order valence-corrected chi connectivity index (χ3v) is 6.42. The molecule has 1 aromatic carbocycles. The quantitative estimate of drug-likeness (QED) is 0.757. The highest BCUT2D eigenvalue weighted by Crippen LogP contribution is 2.30. The lowest BCUT2D eigenvalue weighted by atomic mass is 10.0. The number of nitrogens with one attached hydrogen (secondary N) is 1. The molecule has 4 rings (SSSR count). The van der Waals surface area contributed by atoms with E-state index in [9.17, 15) is 18.4 Å². The smallest absolute Gasteiger partial charge is 0.270 e. The monoisotopic (exact) mass is 429 g/mol. The number of alkyl halides is 2. The topological polar surface area (TPSA) is 54.3 Å². The van der Waals surface area contributed by atoms with Gasteiger partial charge in [0.1, 0.15) is 5.69 Å². The molecule has 0 saturated carbocycles. The normalized spacial score (nSPS) is 18.9. The van der Waals surface area contributed by atoms with E-state index in [2.05, 4.69) is 5.32 Å². The van der Waals surface area contributed by atoms with Gasteiger partial charge in [-0.15, -0.1) is 0 Å². The van der Waals surface area contributed by atoms with Crippen molar-refractivity contribution in [2.45, 2.75) is 64.0 Å². The summed E-state index contributed by atoms with van der Waals surface area (Å²) in [6.07, 6.45) is 2.76. The second kappa shape index (κ2) is 8.81. The van der Waals surface area contributed by atoms with Crippen molar-refractivity contribution in [1.29, 1.82) is 0 Å². The van der Waals surface area contributed by atoms with Gasteiger partial charge in [0.25, 0.3) is 17.7 Å². The number of carbonyl (C=O) groups excluding carboxylic acids is 2. The van der Waals surface area contributed by atoms with Crippen molar-refractivity contribution >= 4 is 11.8 Å². The minimum Gasteiger partial charge on any atom is -0.345 e. The second-order valence-electron chi connectivity index (χ2n) is 8.49. The molecule has 7 heteroatoms. The molecular weight excluding hydrogens is 400 g/mol.